The lowest BCUT2D eigenvalue weighted by molar-refractivity contribution is 0.828. The molecule has 0 radical (unpaired) electrons. The summed E-state index contributed by atoms with van der Waals surface area (Å²) in [4.78, 5) is 7.58. The second-order valence-electron chi connectivity index (χ2n) is 6.30. The lowest BCUT2D eigenvalue weighted by Crippen LogP contribution is -1.67. The van der Waals surface area contributed by atoms with Crippen molar-refractivity contribution in [3.05, 3.63) is 46.2 Å². The topological polar surface area (TPSA) is 0 Å². The van der Waals surface area contributed by atoms with Gasteiger partial charge < -0.3 is 0 Å². The first kappa shape index (κ1) is 20.0. The van der Waals surface area contributed by atoms with Crippen LogP contribution in [0.2, 0.25) is 0 Å². The van der Waals surface area contributed by atoms with Crippen LogP contribution in [0.3, 0.4) is 0 Å². The predicted octanol–water partition coefficient (Wildman–Crippen LogP) is 8.29. The van der Waals surface area contributed by atoms with Gasteiger partial charge in [-0.25, -0.2) is 0 Å². The summed E-state index contributed by atoms with van der Waals surface area (Å²) in [5.74, 6) is 13.2. The van der Waals surface area contributed by atoms with E-state index in [4.69, 9.17) is 0 Å². The van der Waals surface area contributed by atoms with Crippen LogP contribution < -0.4 is 0 Å². The summed E-state index contributed by atoms with van der Waals surface area (Å²) >= 11 is 5.44. The first-order chi connectivity index (χ1) is 13.3. The van der Waals surface area contributed by atoms with E-state index in [0.717, 1.165) is 22.6 Å². The minimum Gasteiger partial charge on any atom is -0.134 e. The Morgan fingerprint density at radius 3 is 1.44 bits per heavy atom. The number of rotatable bonds is 6. The van der Waals surface area contributed by atoms with Gasteiger partial charge >= 0.3 is 0 Å². The maximum atomic E-state index is 3.30. The minimum absolute atomic E-state index is 0.995. The van der Waals surface area contributed by atoms with Crippen molar-refractivity contribution in [3.8, 4) is 43.2 Å². The number of hydrogen-bond donors (Lipinski definition) is 0. The van der Waals surface area contributed by atoms with Gasteiger partial charge in [-0.2, -0.15) is 0 Å². The quantitative estimate of drug-likeness (QED) is 0.284. The van der Waals surface area contributed by atoms with Crippen LogP contribution in [-0.2, 0) is 0 Å². The third-order valence-electron chi connectivity index (χ3n) is 4.04. The van der Waals surface area contributed by atoms with Crippen molar-refractivity contribution in [1.29, 1.82) is 0 Å². The Kier molecular flexibility index (Phi) is 7.79. The predicted molar refractivity (Wildman–Crippen MR) is 124 cm³/mol. The molecule has 0 aliphatic rings. The van der Waals surface area contributed by atoms with E-state index in [0.29, 0.717) is 0 Å². The van der Waals surface area contributed by atoms with Crippen LogP contribution >= 0.6 is 34.0 Å². The highest BCUT2D eigenvalue weighted by molar-refractivity contribution is 7.26. The third kappa shape index (κ3) is 5.85. The van der Waals surface area contributed by atoms with Crippen LogP contribution in [-0.4, -0.2) is 0 Å². The highest BCUT2D eigenvalue weighted by atomic mass is 32.1. The Hall–Kier alpha value is -1.78. The summed E-state index contributed by atoms with van der Waals surface area (Å²) < 4.78 is 0. The molecule has 0 nitrogen and oxygen atoms in total. The molecule has 3 aromatic heterocycles. The summed E-state index contributed by atoms with van der Waals surface area (Å²) in [5, 5.41) is 0. The van der Waals surface area contributed by atoms with Crippen molar-refractivity contribution >= 4 is 34.0 Å². The molecule has 0 fully saturated rings. The maximum Gasteiger partial charge on any atom is 0.0775 e. The zero-order valence-corrected chi connectivity index (χ0v) is 18.4. The van der Waals surface area contributed by atoms with Crippen molar-refractivity contribution in [2.75, 3.05) is 0 Å². The molecule has 0 aliphatic carbocycles. The van der Waals surface area contributed by atoms with Crippen LogP contribution in [0.5, 0.6) is 0 Å². The summed E-state index contributed by atoms with van der Waals surface area (Å²) in [5.41, 5.74) is 0. The summed E-state index contributed by atoms with van der Waals surface area (Å²) in [7, 11) is 0. The van der Waals surface area contributed by atoms with Gasteiger partial charge in [0.25, 0.3) is 0 Å². The number of thiophene rings is 3. The largest absolute Gasteiger partial charge is 0.134 e. The fourth-order valence-electron chi connectivity index (χ4n) is 2.51. The smallest absolute Gasteiger partial charge is 0.0775 e. The average molecular weight is 409 g/mol. The van der Waals surface area contributed by atoms with E-state index in [2.05, 4.69) is 73.9 Å². The Balaban J connectivity index is 1.68. The van der Waals surface area contributed by atoms with E-state index in [1.807, 2.05) is 11.3 Å². The molecule has 27 heavy (non-hydrogen) atoms. The number of unbranched alkanes of at least 4 members (excludes halogenated alkanes) is 4. The van der Waals surface area contributed by atoms with Crippen LogP contribution in [0.4, 0.5) is 0 Å². The molecule has 3 rings (SSSR count). The van der Waals surface area contributed by atoms with Crippen molar-refractivity contribution in [1.82, 2.24) is 0 Å². The van der Waals surface area contributed by atoms with Gasteiger partial charge in [-0.15, -0.1) is 34.0 Å². The molecule has 0 atom stereocenters. The molecule has 138 valence electrons. The molecule has 0 amide bonds. The molecule has 0 aromatic carbocycles. The number of hydrogen-bond acceptors (Lipinski definition) is 3. The molecular weight excluding hydrogens is 384 g/mol. The molecular formula is C24H24S3. The zero-order valence-electron chi connectivity index (χ0n) is 15.9. The van der Waals surface area contributed by atoms with Crippen LogP contribution in [0, 0.1) is 23.7 Å². The van der Waals surface area contributed by atoms with E-state index in [9.17, 15) is 0 Å². The highest BCUT2D eigenvalue weighted by Crippen LogP contribution is 2.39. The van der Waals surface area contributed by atoms with Crippen molar-refractivity contribution < 1.29 is 0 Å². The highest BCUT2D eigenvalue weighted by Gasteiger charge is 2.09. The van der Waals surface area contributed by atoms with Gasteiger partial charge in [-0.1, -0.05) is 50.4 Å². The van der Waals surface area contributed by atoms with Gasteiger partial charge in [0.05, 0.1) is 9.75 Å². The molecule has 0 saturated heterocycles. The van der Waals surface area contributed by atoms with Gasteiger partial charge in [0.2, 0.25) is 0 Å². The molecule has 0 spiro atoms. The summed E-state index contributed by atoms with van der Waals surface area (Å²) in [6, 6.07) is 13.1. The Morgan fingerprint density at radius 2 is 1.00 bits per heavy atom. The monoisotopic (exact) mass is 408 g/mol. The van der Waals surface area contributed by atoms with Gasteiger partial charge in [-0.3, -0.25) is 0 Å². The second kappa shape index (κ2) is 10.5. The molecule has 0 saturated carbocycles. The molecule has 3 aromatic rings. The molecule has 0 N–H and O–H groups in total. The van der Waals surface area contributed by atoms with Gasteiger partial charge in [0.15, 0.2) is 0 Å². The first-order valence-corrected chi connectivity index (χ1v) is 12.0. The lowest BCUT2D eigenvalue weighted by Gasteiger charge is -1.90. The maximum absolute atomic E-state index is 3.30. The lowest BCUT2D eigenvalue weighted by atomic mass is 10.2. The Labute approximate surface area is 175 Å². The van der Waals surface area contributed by atoms with Gasteiger partial charge in [-0.05, 0) is 49.2 Å². The molecule has 0 bridgehead atoms. The van der Waals surface area contributed by atoms with Gasteiger partial charge in [0, 0.05) is 32.4 Å². The van der Waals surface area contributed by atoms with Crippen LogP contribution in [0.15, 0.2) is 36.4 Å². The Bertz CT molecular complexity index is 897. The summed E-state index contributed by atoms with van der Waals surface area (Å²) in [6.45, 7) is 4.41. The molecule has 3 heterocycles. The second-order valence-corrected chi connectivity index (χ2v) is 9.55. The SMILES string of the molecule is CCCCC#Cc1ccc(-c2ccc(-c3ccc(C#CCCCC)s3)s2)s1. The fourth-order valence-corrected chi connectivity index (χ4v) is 5.46. The van der Waals surface area contributed by atoms with E-state index >= 15 is 0 Å². The van der Waals surface area contributed by atoms with E-state index in [1.54, 1.807) is 22.7 Å². The average Bonchev–Trinajstić information content (AvgIpc) is 3.42. The molecule has 0 unspecified atom stereocenters. The van der Waals surface area contributed by atoms with E-state index in [-0.39, 0.29) is 0 Å². The third-order valence-corrected chi connectivity index (χ3v) is 7.52. The normalized spacial score (nSPS) is 10.1. The first-order valence-electron chi connectivity index (χ1n) is 9.58. The molecule has 3 heteroatoms. The molecule has 0 aliphatic heterocycles. The fraction of sp³-hybridized carbons (Fsp3) is 0.333. The van der Waals surface area contributed by atoms with E-state index in [1.165, 1.54) is 45.2 Å². The van der Waals surface area contributed by atoms with Crippen molar-refractivity contribution in [2.45, 2.75) is 52.4 Å². The zero-order chi connectivity index (χ0) is 18.9. The minimum atomic E-state index is 0.995. The Morgan fingerprint density at radius 1 is 0.593 bits per heavy atom. The van der Waals surface area contributed by atoms with Gasteiger partial charge in [0.1, 0.15) is 0 Å². The van der Waals surface area contributed by atoms with Crippen molar-refractivity contribution in [3.63, 3.8) is 0 Å². The van der Waals surface area contributed by atoms with Crippen LogP contribution in [0.1, 0.15) is 62.1 Å². The van der Waals surface area contributed by atoms with E-state index < -0.39 is 0 Å². The standard InChI is InChI=1S/C24H24S3/c1-3-5-7-9-11-19-13-15-21(25-19)23-17-18-24(27-23)22-16-14-20(26-22)12-10-8-6-4-2/h13-18H,3-8H2,1-2H3. The van der Waals surface area contributed by atoms with Crippen molar-refractivity contribution in [2.24, 2.45) is 0 Å². The van der Waals surface area contributed by atoms with Crippen LogP contribution in [0.25, 0.3) is 19.5 Å². The summed E-state index contributed by atoms with van der Waals surface area (Å²) in [6.07, 6.45) is 6.77.